The van der Waals surface area contributed by atoms with Gasteiger partial charge in [0.2, 0.25) is 0 Å². The number of hydrogen-bond acceptors (Lipinski definition) is 4. The molecule has 0 aliphatic heterocycles. The van der Waals surface area contributed by atoms with E-state index < -0.39 is 0 Å². The first kappa shape index (κ1) is 15.5. The van der Waals surface area contributed by atoms with Crippen LogP contribution in [0.5, 0.6) is 5.75 Å². The molecule has 1 rings (SSSR count). The van der Waals surface area contributed by atoms with Crippen molar-refractivity contribution in [2.45, 2.75) is 19.4 Å². The van der Waals surface area contributed by atoms with Crippen molar-refractivity contribution in [3.8, 4) is 5.75 Å². The Morgan fingerprint density at radius 1 is 1.42 bits per heavy atom. The van der Waals surface area contributed by atoms with E-state index in [9.17, 15) is 4.79 Å². The zero-order valence-corrected chi connectivity index (χ0v) is 11.5. The Kier molecular flexibility index (Phi) is 6.92. The fourth-order valence-electron chi connectivity index (χ4n) is 1.63. The molecule has 0 saturated carbocycles. The lowest BCUT2D eigenvalue weighted by atomic mass is 10.1. The van der Waals surface area contributed by atoms with Crippen LogP contribution in [0.1, 0.15) is 24.9 Å². The summed E-state index contributed by atoms with van der Waals surface area (Å²) in [6, 6.07) is 7.35. The van der Waals surface area contributed by atoms with E-state index in [1.165, 1.54) is 0 Å². The van der Waals surface area contributed by atoms with Crippen LogP contribution < -0.4 is 15.8 Å². The first-order chi connectivity index (χ1) is 9.15. The van der Waals surface area contributed by atoms with E-state index in [1.807, 2.05) is 31.2 Å². The molecule has 5 heteroatoms. The number of amides is 1. The van der Waals surface area contributed by atoms with Gasteiger partial charge < -0.3 is 20.5 Å². The second-order valence-corrected chi connectivity index (χ2v) is 4.31. The minimum atomic E-state index is -0.143. The quantitative estimate of drug-likeness (QED) is 0.694. The highest BCUT2D eigenvalue weighted by Crippen LogP contribution is 2.22. The molecule has 0 bridgehead atoms. The lowest BCUT2D eigenvalue weighted by molar-refractivity contribution is -0.123. The van der Waals surface area contributed by atoms with Crippen LogP contribution in [-0.4, -0.2) is 32.8 Å². The molecule has 0 aliphatic carbocycles. The average Bonchev–Trinajstić information content (AvgIpc) is 2.41. The Hall–Kier alpha value is -1.59. The number of benzene rings is 1. The number of para-hydroxylation sites is 1. The van der Waals surface area contributed by atoms with Crippen molar-refractivity contribution >= 4 is 5.91 Å². The number of carbonyl (C=O) groups is 1. The molecular formula is C14H22N2O3. The summed E-state index contributed by atoms with van der Waals surface area (Å²) in [5, 5.41) is 2.76. The van der Waals surface area contributed by atoms with Crippen LogP contribution in [0.2, 0.25) is 0 Å². The third-order valence-corrected chi connectivity index (χ3v) is 2.62. The lowest BCUT2D eigenvalue weighted by Gasteiger charge is -2.13. The Labute approximate surface area is 114 Å². The van der Waals surface area contributed by atoms with Crippen LogP contribution in [0.4, 0.5) is 0 Å². The van der Waals surface area contributed by atoms with Crippen LogP contribution in [0.25, 0.3) is 0 Å². The highest BCUT2D eigenvalue weighted by molar-refractivity contribution is 5.77. The Morgan fingerprint density at radius 3 is 2.84 bits per heavy atom. The zero-order valence-electron chi connectivity index (χ0n) is 11.5. The van der Waals surface area contributed by atoms with Crippen molar-refractivity contribution in [3.05, 3.63) is 29.8 Å². The van der Waals surface area contributed by atoms with Gasteiger partial charge >= 0.3 is 0 Å². The van der Waals surface area contributed by atoms with Gasteiger partial charge in [-0.05, 0) is 19.4 Å². The van der Waals surface area contributed by atoms with Crippen LogP contribution in [0.3, 0.4) is 0 Å². The first-order valence-corrected chi connectivity index (χ1v) is 6.38. The number of carbonyl (C=O) groups excluding carboxylic acids is 1. The van der Waals surface area contributed by atoms with Gasteiger partial charge in [-0.15, -0.1) is 0 Å². The summed E-state index contributed by atoms with van der Waals surface area (Å²) in [5.74, 6) is 0.514. The van der Waals surface area contributed by atoms with E-state index >= 15 is 0 Å². The van der Waals surface area contributed by atoms with Gasteiger partial charge in [-0.1, -0.05) is 18.2 Å². The summed E-state index contributed by atoms with van der Waals surface area (Å²) in [7, 11) is 1.63. The molecule has 1 amide bonds. The van der Waals surface area contributed by atoms with Crippen LogP contribution in [0, 0.1) is 0 Å². The largest absolute Gasteiger partial charge is 0.483 e. The van der Waals surface area contributed by atoms with Gasteiger partial charge in [-0.25, -0.2) is 0 Å². The van der Waals surface area contributed by atoms with E-state index in [0.717, 1.165) is 12.0 Å². The van der Waals surface area contributed by atoms with Gasteiger partial charge in [0.05, 0.1) is 0 Å². The van der Waals surface area contributed by atoms with E-state index in [0.29, 0.717) is 18.9 Å². The van der Waals surface area contributed by atoms with Gasteiger partial charge in [-0.2, -0.15) is 0 Å². The second kappa shape index (κ2) is 8.50. The number of hydrogen-bond donors (Lipinski definition) is 2. The molecule has 1 aromatic carbocycles. The van der Waals surface area contributed by atoms with E-state index in [2.05, 4.69) is 5.32 Å². The Bertz CT molecular complexity index is 394. The highest BCUT2D eigenvalue weighted by atomic mass is 16.5. The maximum atomic E-state index is 11.6. The molecule has 3 N–H and O–H groups in total. The molecule has 106 valence electrons. The Balaban J connectivity index is 2.38. The number of rotatable bonds is 8. The molecule has 0 heterocycles. The normalized spacial score (nSPS) is 11.9. The van der Waals surface area contributed by atoms with E-state index in [-0.39, 0.29) is 18.6 Å². The van der Waals surface area contributed by atoms with Crippen molar-refractivity contribution < 1.29 is 14.3 Å². The number of nitrogens with one attached hydrogen (secondary N) is 1. The third-order valence-electron chi connectivity index (χ3n) is 2.62. The molecule has 0 saturated heterocycles. The SMILES string of the molecule is COCCCNC(=O)COc1ccccc1C(C)N. The van der Waals surface area contributed by atoms with Crippen molar-refractivity contribution in [1.82, 2.24) is 5.32 Å². The first-order valence-electron chi connectivity index (χ1n) is 6.38. The lowest BCUT2D eigenvalue weighted by Crippen LogP contribution is -2.30. The smallest absolute Gasteiger partial charge is 0.257 e. The maximum Gasteiger partial charge on any atom is 0.257 e. The van der Waals surface area contributed by atoms with Gasteiger partial charge in [0.1, 0.15) is 5.75 Å². The molecular weight excluding hydrogens is 244 g/mol. The number of ether oxygens (including phenoxy) is 2. The van der Waals surface area contributed by atoms with Crippen LogP contribution in [-0.2, 0) is 9.53 Å². The predicted octanol–water partition coefficient (Wildman–Crippen LogP) is 1.24. The topological polar surface area (TPSA) is 73.6 Å². The van der Waals surface area contributed by atoms with Gasteiger partial charge in [0, 0.05) is 31.9 Å². The maximum absolute atomic E-state index is 11.6. The van der Waals surface area contributed by atoms with Crippen LogP contribution in [0.15, 0.2) is 24.3 Å². The summed E-state index contributed by atoms with van der Waals surface area (Å²) in [6.07, 6.45) is 0.790. The molecule has 0 aliphatic rings. The molecule has 0 spiro atoms. The van der Waals surface area contributed by atoms with Crippen LogP contribution >= 0.6 is 0 Å². The van der Waals surface area contributed by atoms with Gasteiger partial charge in [0.25, 0.3) is 5.91 Å². The van der Waals surface area contributed by atoms with Crippen molar-refractivity contribution in [2.24, 2.45) is 5.73 Å². The van der Waals surface area contributed by atoms with Crippen molar-refractivity contribution in [2.75, 3.05) is 26.9 Å². The molecule has 1 atom stereocenters. The summed E-state index contributed by atoms with van der Waals surface area (Å²) in [6.45, 7) is 3.10. The molecule has 1 unspecified atom stereocenters. The third kappa shape index (κ3) is 5.72. The predicted molar refractivity (Wildman–Crippen MR) is 74.0 cm³/mol. The number of methoxy groups -OCH3 is 1. The molecule has 0 fully saturated rings. The monoisotopic (exact) mass is 266 g/mol. The summed E-state index contributed by atoms with van der Waals surface area (Å²) >= 11 is 0. The second-order valence-electron chi connectivity index (χ2n) is 4.31. The van der Waals surface area contributed by atoms with Gasteiger partial charge in [-0.3, -0.25) is 4.79 Å². The standard InChI is InChI=1S/C14H22N2O3/c1-11(15)12-6-3-4-7-13(12)19-10-14(17)16-8-5-9-18-2/h3-4,6-7,11H,5,8-10,15H2,1-2H3,(H,16,17). The highest BCUT2D eigenvalue weighted by Gasteiger charge is 2.08. The zero-order chi connectivity index (χ0) is 14.1. The minimum Gasteiger partial charge on any atom is -0.483 e. The summed E-state index contributed by atoms with van der Waals surface area (Å²) in [4.78, 5) is 11.6. The number of nitrogens with two attached hydrogens (primary N) is 1. The van der Waals surface area contributed by atoms with Gasteiger partial charge in [0.15, 0.2) is 6.61 Å². The molecule has 1 aromatic rings. The van der Waals surface area contributed by atoms with E-state index in [1.54, 1.807) is 7.11 Å². The van der Waals surface area contributed by atoms with Crippen molar-refractivity contribution in [1.29, 1.82) is 0 Å². The van der Waals surface area contributed by atoms with Crippen molar-refractivity contribution in [3.63, 3.8) is 0 Å². The Morgan fingerprint density at radius 2 is 2.16 bits per heavy atom. The molecule has 19 heavy (non-hydrogen) atoms. The molecule has 5 nitrogen and oxygen atoms in total. The van der Waals surface area contributed by atoms with E-state index in [4.69, 9.17) is 15.2 Å². The fraction of sp³-hybridized carbons (Fsp3) is 0.500. The average molecular weight is 266 g/mol. The minimum absolute atomic E-state index is 0.00326. The molecule has 0 radical (unpaired) electrons. The molecule has 0 aromatic heterocycles. The fourth-order valence-corrected chi connectivity index (χ4v) is 1.63. The summed E-state index contributed by atoms with van der Waals surface area (Å²) in [5.41, 5.74) is 6.74. The summed E-state index contributed by atoms with van der Waals surface area (Å²) < 4.78 is 10.4.